The topological polar surface area (TPSA) is 158 Å². The van der Waals surface area contributed by atoms with Gasteiger partial charge in [0.05, 0.1) is 0 Å². The minimum absolute atomic E-state index is 0.00334. The molecule has 1 aliphatic heterocycles. The van der Waals surface area contributed by atoms with Gasteiger partial charge in [0, 0.05) is 50.3 Å². The second-order valence-electron chi connectivity index (χ2n) is 11.3. The third-order valence-corrected chi connectivity index (χ3v) is 8.36. The molecule has 2 saturated carbocycles. The second-order valence-corrected chi connectivity index (χ2v) is 12.1. The summed E-state index contributed by atoms with van der Waals surface area (Å²) in [5.74, 6) is 4.91. The molecule has 3 fully saturated rings. The highest BCUT2D eigenvalue weighted by Gasteiger charge is 2.38. The van der Waals surface area contributed by atoms with Crippen LogP contribution >= 0.6 is 11.3 Å². The van der Waals surface area contributed by atoms with Crippen LogP contribution in [0.25, 0.3) is 0 Å². The van der Waals surface area contributed by atoms with Crippen LogP contribution < -0.4 is 21.1 Å². The van der Waals surface area contributed by atoms with Crippen molar-refractivity contribution in [2.75, 3.05) is 42.5 Å². The van der Waals surface area contributed by atoms with Gasteiger partial charge in [-0.15, -0.1) is 11.3 Å². The number of nitrogens with one attached hydrogen (secondary N) is 1. The summed E-state index contributed by atoms with van der Waals surface area (Å²) in [5, 5.41) is 2.41. The van der Waals surface area contributed by atoms with E-state index in [1.807, 2.05) is 11.2 Å². The van der Waals surface area contributed by atoms with Crippen LogP contribution in [0.3, 0.4) is 0 Å². The van der Waals surface area contributed by atoms with Crippen molar-refractivity contribution in [3.63, 3.8) is 0 Å². The Morgan fingerprint density at radius 1 is 1.10 bits per heavy atom. The van der Waals surface area contributed by atoms with Gasteiger partial charge >= 0.3 is 6.03 Å². The van der Waals surface area contributed by atoms with Crippen molar-refractivity contribution >= 4 is 46.5 Å². The summed E-state index contributed by atoms with van der Waals surface area (Å²) >= 11 is 1.38. The van der Waals surface area contributed by atoms with Crippen molar-refractivity contribution in [3.8, 4) is 0 Å². The number of nitrogens with two attached hydrogens (primary N) is 1. The van der Waals surface area contributed by atoms with Crippen LogP contribution in [-0.2, 0) is 4.79 Å². The zero-order chi connectivity index (χ0) is 29.1. The largest absolute Gasteiger partial charge is 0.345 e. The summed E-state index contributed by atoms with van der Waals surface area (Å²) in [6, 6.07) is 0.443. The molecule has 1 saturated heterocycles. The van der Waals surface area contributed by atoms with Gasteiger partial charge in [0.2, 0.25) is 12.2 Å². The first-order valence-corrected chi connectivity index (χ1v) is 15.0. The Morgan fingerprint density at radius 3 is 2.41 bits per heavy atom. The number of urea groups is 1. The standard InChI is InChI=1S/C27H36N9O4S/c1-17(2)14-35(19-5-6-19)27-31-22(16-41-27)24(39)36(20(15-37)13-18-3-4-18)23(38)21-7-8-29-25(30-21)33-9-11-34(12-10-33)26(40)32-28/h7-8,16-20H,3-6,9-14,28H2,1-2H3,(H,32,40)/t20-/m0/s1. The molecular weight excluding hydrogens is 546 g/mol. The highest BCUT2D eigenvalue weighted by Crippen LogP contribution is 2.36. The number of hydrogen-bond donors (Lipinski definition) is 2. The lowest BCUT2D eigenvalue weighted by Crippen LogP contribution is -2.53. The minimum atomic E-state index is -1.04. The Balaban J connectivity index is 1.38. The summed E-state index contributed by atoms with van der Waals surface area (Å²) in [6.45, 7) is 6.80. The SMILES string of the molecule is CC(C)CN(c1nc(C(=O)N(C(=O)c2ccnc(N3CCN(C(=O)NN)CC3)n2)[C@H]([C]=O)CC2CC2)cs1)C1CC1. The summed E-state index contributed by atoms with van der Waals surface area (Å²) in [7, 11) is 0. The van der Waals surface area contributed by atoms with E-state index in [2.05, 4.69) is 39.1 Å². The molecule has 5 rings (SSSR count). The van der Waals surface area contributed by atoms with Crippen LogP contribution in [0, 0.1) is 11.8 Å². The van der Waals surface area contributed by atoms with Gasteiger partial charge in [0.25, 0.3) is 11.8 Å². The summed E-state index contributed by atoms with van der Waals surface area (Å²) in [6.07, 6.45) is 7.86. The number of thiazole rings is 1. The predicted octanol–water partition coefficient (Wildman–Crippen LogP) is 1.82. The highest BCUT2D eigenvalue weighted by atomic mass is 32.1. The van der Waals surface area contributed by atoms with Crippen molar-refractivity contribution in [2.24, 2.45) is 17.7 Å². The third kappa shape index (κ3) is 6.81. The number of hydrogen-bond acceptors (Lipinski definition) is 11. The number of piperazine rings is 1. The third-order valence-electron chi connectivity index (χ3n) is 7.48. The van der Waals surface area contributed by atoms with E-state index in [9.17, 15) is 19.2 Å². The first-order chi connectivity index (χ1) is 19.8. The van der Waals surface area contributed by atoms with E-state index in [1.165, 1.54) is 23.6 Å². The monoisotopic (exact) mass is 582 g/mol. The van der Waals surface area contributed by atoms with Crippen molar-refractivity contribution < 1.29 is 19.2 Å². The van der Waals surface area contributed by atoms with Gasteiger partial charge in [0.1, 0.15) is 17.4 Å². The zero-order valence-corrected chi connectivity index (χ0v) is 24.2. The van der Waals surface area contributed by atoms with Crippen LogP contribution in [0.15, 0.2) is 17.6 Å². The van der Waals surface area contributed by atoms with Gasteiger partial charge in [0.15, 0.2) is 5.13 Å². The summed E-state index contributed by atoms with van der Waals surface area (Å²) in [4.78, 5) is 71.8. The molecule has 3 heterocycles. The molecule has 219 valence electrons. The molecule has 0 aromatic carbocycles. The average Bonchev–Trinajstić information content (AvgIpc) is 3.93. The Hall–Kier alpha value is -3.65. The quantitative estimate of drug-likeness (QED) is 0.173. The zero-order valence-electron chi connectivity index (χ0n) is 23.4. The fraction of sp³-hybridized carbons (Fsp3) is 0.593. The first kappa shape index (κ1) is 28.9. The number of carbonyl (C=O) groups excluding carboxylic acids is 4. The fourth-order valence-corrected chi connectivity index (χ4v) is 5.86. The average molecular weight is 583 g/mol. The molecule has 2 aliphatic carbocycles. The number of carbonyl (C=O) groups is 3. The maximum absolute atomic E-state index is 13.9. The van der Waals surface area contributed by atoms with Gasteiger partial charge in [-0.3, -0.25) is 24.7 Å². The molecule has 1 radical (unpaired) electrons. The van der Waals surface area contributed by atoms with Crippen LogP contribution in [0.4, 0.5) is 15.9 Å². The van der Waals surface area contributed by atoms with Crippen LogP contribution in [0.2, 0.25) is 0 Å². The number of hydrazine groups is 1. The molecular formula is C27H36N9O4S. The van der Waals surface area contributed by atoms with E-state index in [4.69, 9.17) is 5.84 Å². The Labute approximate surface area is 243 Å². The molecule has 3 N–H and O–H groups in total. The van der Waals surface area contributed by atoms with Crippen LogP contribution in [0.5, 0.6) is 0 Å². The van der Waals surface area contributed by atoms with Crippen LogP contribution in [0.1, 0.15) is 66.9 Å². The Morgan fingerprint density at radius 2 is 1.80 bits per heavy atom. The van der Waals surface area contributed by atoms with Crippen molar-refractivity contribution in [1.82, 2.24) is 30.2 Å². The molecule has 14 heteroatoms. The van der Waals surface area contributed by atoms with Gasteiger partial charge < -0.3 is 14.7 Å². The fourth-order valence-electron chi connectivity index (χ4n) is 4.98. The summed E-state index contributed by atoms with van der Waals surface area (Å²) < 4.78 is 0. The molecule has 4 amide bonds. The molecule has 2 aromatic heterocycles. The van der Waals surface area contributed by atoms with Crippen molar-refractivity contribution in [2.45, 2.75) is 58.0 Å². The molecule has 1 atom stereocenters. The van der Waals surface area contributed by atoms with Gasteiger partial charge in [-0.2, -0.15) is 0 Å². The van der Waals surface area contributed by atoms with Crippen LogP contribution in [-0.4, -0.2) is 93.7 Å². The maximum atomic E-state index is 13.9. The predicted molar refractivity (Wildman–Crippen MR) is 153 cm³/mol. The number of amides is 4. The van der Waals surface area contributed by atoms with E-state index < -0.39 is 17.9 Å². The van der Waals surface area contributed by atoms with Crippen molar-refractivity contribution in [3.05, 3.63) is 29.0 Å². The van der Waals surface area contributed by atoms with E-state index in [-0.39, 0.29) is 23.3 Å². The van der Waals surface area contributed by atoms with Crippen molar-refractivity contribution in [1.29, 1.82) is 0 Å². The number of imide groups is 1. The van der Waals surface area contributed by atoms with Gasteiger partial charge in [-0.25, -0.2) is 25.6 Å². The van der Waals surface area contributed by atoms with E-state index in [1.54, 1.807) is 10.3 Å². The molecule has 0 spiro atoms. The molecule has 0 unspecified atom stereocenters. The molecule has 41 heavy (non-hydrogen) atoms. The Bertz CT molecular complexity index is 1270. The van der Waals surface area contributed by atoms with Gasteiger partial charge in [-0.1, -0.05) is 26.7 Å². The highest BCUT2D eigenvalue weighted by molar-refractivity contribution is 7.14. The minimum Gasteiger partial charge on any atom is -0.345 e. The molecule has 2 aromatic rings. The van der Waals surface area contributed by atoms with Gasteiger partial charge in [-0.05, 0) is 37.2 Å². The lowest BCUT2D eigenvalue weighted by molar-refractivity contribution is 0.0569. The smallest absolute Gasteiger partial charge is 0.331 e. The lowest BCUT2D eigenvalue weighted by atomic mass is 10.1. The first-order valence-electron chi connectivity index (χ1n) is 14.1. The number of rotatable bonds is 11. The normalized spacial score (nSPS) is 17.8. The Kier molecular flexibility index (Phi) is 8.78. The van der Waals surface area contributed by atoms with E-state index in [0.29, 0.717) is 50.5 Å². The number of nitrogens with zero attached hydrogens (tertiary/aromatic N) is 7. The lowest BCUT2D eigenvalue weighted by Gasteiger charge is -2.34. The molecule has 13 nitrogen and oxygen atoms in total. The van der Waals surface area contributed by atoms with E-state index >= 15 is 0 Å². The molecule has 3 aliphatic rings. The maximum Gasteiger partial charge on any atom is 0.331 e. The number of aromatic nitrogens is 3. The van der Waals surface area contributed by atoms with E-state index in [0.717, 1.165) is 42.3 Å². The second kappa shape index (κ2) is 12.5. The number of anilines is 2. The molecule has 0 bridgehead atoms. The summed E-state index contributed by atoms with van der Waals surface area (Å²) in [5.41, 5.74) is 2.25.